The molecular weight excluding hydrogens is 216 g/mol. The summed E-state index contributed by atoms with van der Waals surface area (Å²) in [5, 5.41) is 9.75. The summed E-state index contributed by atoms with van der Waals surface area (Å²) in [6.45, 7) is 0. The van der Waals surface area contributed by atoms with E-state index in [2.05, 4.69) is 9.97 Å². The molecule has 0 amide bonds. The Morgan fingerprint density at radius 3 is 2.41 bits per heavy atom. The number of aromatic nitrogens is 2. The van der Waals surface area contributed by atoms with Crippen molar-refractivity contribution in [3.8, 4) is 11.5 Å². The highest BCUT2D eigenvalue weighted by Gasteiger charge is 2.08. The summed E-state index contributed by atoms with van der Waals surface area (Å²) in [4.78, 5) is 8.86. The van der Waals surface area contributed by atoms with Crippen LogP contribution in [-0.2, 0) is 0 Å². The van der Waals surface area contributed by atoms with Gasteiger partial charge in [-0.1, -0.05) is 12.1 Å². The Morgan fingerprint density at radius 2 is 1.65 bits per heavy atom. The molecule has 0 unspecified atom stereocenters. The number of fused-ring (bicyclic) bond motifs is 2. The van der Waals surface area contributed by atoms with Crippen molar-refractivity contribution >= 4 is 22.1 Å². The van der Waals surface area contributed by atoms with Crippen LogP contribution in [0.15, 0.2) is 36.4 Å². The second kappa shape index (κ2) is 3.59. The molecule has 84 valence electrons. The topological polar surface area (TPSA) is 55.2 Å². The molecule has 3 rings (SSSR count). The molecule has 0 saturated heterocycles. The van der Waals surface area contributed by atoms with Crippen LogP contribution >= 0.6 is 0 Å². The summed E-state index contributed by atoms with van der Waals surface area (Å²) >= 11 is 0. The highest BCUT2D eigenvalue weighted by molar-refractivity contribution is 5.91. The summed E-state index contributed by atoms with van der Waals surface area (Å²) in [5.41, 5.74) is 2.57. The maximum atomic E-state index is 9.75. The van der Waals surface area contributed by atoms with E-state index in [4.69, 9.17) is 4.74 Å². The maximum absolute atomic E-state index is 9.75. The highest BCUT2D eigenvalue weighted by Crippen LogP contribution is 2.27. The lowest BCUT2D eigenvalue weighted by Crippen LogP contribution is -1.91. The number of para-hydroxylation sites is 2. The molecule has 1 N–H and O–H groups in total. The summed E-state index contributed by atoms with van der Waals surface area (Å²) in [6, 6.07) is 10.7. The Hall–Kier alpha value is -2.36. The van der Waals surface area contributed by atoms with Gasteiger partial charge in [-0.3, -0.25) is 0 Å². The summed E-state index contributed by atoms with van der Waals surface area (Å²) < 4.78 is 5.23. The molecular formula is C13H10N2O2. The second-order valence-electron chi connectivity index (χ2n) is 3.70. The van der Waals surface area contributed by atoms with Crippen molar-refractivity contribution in [3.05, 3.63) is 36.4 Å². The first-order chi connectivity index (χ1) is 8.29. The lowest BCUT2D eigenvalue weighted by Gasteiger charge is -2.06. The minimum absolute atomic E-state index is 0.128. The standard InChI is InChI=1S/C13H10N2O2/c1-17-11-7-3-5-9-13(11)15-12-8(14-9)4-2-6-10(12)16/h2-7,16H,1H3. The Morgan fingerprint density at radius 1 is 0.941 bits per heavy atom. The predicted molar refractivity (Wildman–Crippen MR) is 65.3 cm³/mol. The van der Waals surface area contributed by atoms with E-state index in [1.54, 1.807) is 19.2 Å². The largest absolute Gasteiger partial charge is 0.506 e. The van der Waals surface area contributed by atoms with E-state index in [1.807, 2.05) is 24.3 Å². The number of methoxy groups -OCH3 is 1. The zero-order valence-corrected chi connectivity index (χ0v) is 9.21. The fraction of sp³-hybridized carbons (Fsp3) is 0.0769. The number of hydrogen-bond donors (Lipinski definition) is 1. The molecule has 0 bridgehead atoms. The molecule has 17 heavy (non-hydrogen) atoms. The van der Waals surface area contributed by atoms with E-state index >= 15 is 0 Å². The fourth-order valence-electron chi connectivity index (χ4n) is 1.84. The molecule has 0 aliphatic carbocycles. The molecule has 0 aliphatic heterocycles. The van der Waals surface area contributed by atoms with Crippen LogP contribution < -0.4 is 4.74 Å². The molecule has 0 radical (unpaired) electrons. The van der Waals surface area contributed by atoms with Gasteiger partial charge >= 0.3 is 0 Å². The van der Waals surface area contributed by atoms with Gasteiger partial charge in [-0.25, -0.2) is 9.97 Å². The summed E-state index contributed by atoms with van der Waals surface area (Å²) in [5.74, 6) is 0.781. The van der Waals surface area contributed by atoms with Crippen LogP contribution in [0.3, 0.4) is 0 Å². The van der Waals surface area contributed by atoms with Gasteiger partial charge in [-0.05, 0) is 24.3 Å². The van der Waals surface area contributed by atoms with E-state index in [1.165, 1.54) is 0 Å². The number of ether oxygens (including phenoxy) is 1. The molecule has 2 aromatic carbocycles. The lowest BCUT2D eigenvalue weighted by molar-refractivity contribution is 0.419. The first-order valence-electron chi connectivity index (χ1n) is 5.22. The maximum Gasteiger partial charge on any atom is 0.146 e. The second-order valence-corrected chi connectivity index (χ2v) is 3.70. The Balaban J connectivity index is 2.49. The molecule has 0 saturated carbocycles. The number of hydrogen-bond acceptors (Lipinski definition) is 4. The van der Waals surface area contributed by atoms with Crippen LogP contribution in [0.5, 0.6) is 11.5 Å². The van der Waals surface area contributed by atoms with Crippen molar-refractivity contribution in [1.29, 1.82) is 0 Å². The first kappa shape index (κ1) is 9.84. The summed E-state index contributed by atoms with van der Waals surface area (Å²) in [7, 11) is 1.59. The molecule has 0 spiro atoms. The number of rotatable bonds is 1. The third kappa shape index (κ3) is 1.45. The van der Waals surface area contributed by atoms with Crippen molar-refractivity contribution in [2.75, 3.05) is 7.11 Å². The minimum atomic E-state index is 0.128. The zero-order valence-electron chi connectivity index (χ0n) is 9.21. The van der Waals surface area contributed by atoms with Crippen LogP contribution in [0.4, 0.5) is 0 Å². The molecule has 0 atom stereocenters. The monoisotopic (exact) mass is 226 g/mol. The van der Waals surface area contributed by atoms with E-state index < -0.39 is 0 Å². The number of phenolic OH excluding ortho intramolecular Hbond substituents is 1. The molecule has 4 heteroatoms. The van der Waals surface area contributed by atoms with Crippen molar-refractivity contribution in [2.24, 2.45) is 0 Å². The number of aromatic hydroxyl groups is 1. The van der Waals surface area contributed by atoms with Gasteiger partial charge in [-0.2, -0.15) is 0 Å². The third-order valence-corrected chi connectivity index (χ3v) is 2.66. The van der Waals surface area contributed by atoms with Crippen molar-refractivity contribution < 1.29 is 9.84 Å². The van der Waals surface area contributed by atoms with Gasteiger partial charge in [0.15, 0.2) is 0 Å². The minimum Gasteiger partial charge on any atom is -0.506 e. The van der Waals surface area contributed by atoms with E-state index in [-0.39, 0.29) is 5.75 Å². The van der Waals surface area contributed by atoms with Crippen LogP contribution in [0.1, 0.15) is 0 Å². The van der Waals surface area contributed by atoms with Crippen LogP contribution in [0.25, 0.3) is 22.1 Å². The van der Waals surface area contributed by atoms with Gasteiger partial charge in [0.25, 0.3) is 0 Å². The van der Waals surface area contributed by atoms with E-state index in [0.29, 0.717) is 22.3 Å². The zero-order chi connectivity index (χ0) is 11.8. The van der Waals surface area contributed by atoms with Gasteiger partial charge in [0.1, 0.15) is 22.5 Å². The molecule has 1 aromatic heterocycles. The van der Waals surface area contributed by atoms with Gasteiger partial charge in [0.2, 0.25) is 0 Å². The number of nitrogens with zero attached hydrogens (tertiary/aromatic N) is 2. The fourth-order valence-corrected chi connectivity index (χ4v) is 1.84. The average Bonchev–Trinajstić information content (AvgIpc) is 2.36. The van der Waals surface area contributed by atoms with E-state index in [9.17, 15) is 5.11 Å². The predicted octanol–water partition coefficient (Wildman–Crippen LogP) is 2.50. The van der Waals surface area contributed by atoms with Crippen molar-refractivity contribution in [1.82, 2.24) is 9.97 Å². The lowest BCUT2D eigenvalue weighted by atomic mass is 10.2. The average molecular weight is 226 g/mol. The van der Waals surface area contributed by atoms with Gasteiger partial charge in [0, 0.05) is 0 Å². The molecule has 3 aromatic rings. The van der Waals surface area contributed by atoms with Crippen molar-refractivity contribution in [2.45, 2.75) is 0 Å². The number of phenols is 1. The molecule has 0 aliphatic rings. The normalized spacial score (nSPS) is 10.9. The Bertz CT molecular complexity index is 710. The van der Waals surface area contributed by atoms with Crippen LogP contribution in [0, 0.1) is 0 Å². The summed E-state index contributed by atoms with van der Waals surface area (Å²) in [6.07, 6.45) is 0. The number of benzene rings is 2. The molecule has 0 fully saturated rings. The van der Waals surface area contributed by atoms with Gasteiger partial charge in [-0.15, -0.1) is 0 Å². The molecule has 1 heterocycles. The van der Waals surface area contributed by atoms with E-state index in [0.717, 1.165) is 5.52 Å². The Labute approximate surface area is 97.5 Å². The highest BCUT2D eigenvalue weighted by atomic mass is 16.5. The van der Waals surface area contributed by atoms with Gasteiger partial charge in [0.05, 0.1) is 18.1 Å². The molecule has 4 nitrogen and oxygen atoms in total. The van der Waals surface area contributed by atoms with Crippen LogP contribution in [-0.4, -0.2) is 22.2 Å². The smallest absolute Gasteiger partial charge is 0.146 e. The quantitative estimate of drug-likeness (QED) is 0.648. The third-order valence-electron chi connectivity index (χ3n) is 2.66. The van der Waals surface area contributed by atoms with Crippen molar-refractivity contribution in [3.63, 3.8) is 0 Å². The first-order valence-corrected chi connectivity index (χ1v) is 5.22. The van der Waals surface area contributed by atoms with Gasteiger partial charge < -0.3 is 9.84 Å². The van der Waals surface area contributed by atoms with Crippen LogP contribution in [0.2, 0.25) is 0 Å². The SMILES string of the molecule is COc1cccc2nc3cccc(O)c3nc12. The Kier molecular flexibility index (Phi) is 2.08.